The highest BCUT2D eigenvalue weighted by Crippen LogP contribution is 2.21. The molecule has 0 unspecified atom stereocenters. The van der Waals surface area contributed by atoms with Gasteiger partial charge in [0.25, 0.3) is 0 Å². The maximum absolute atomic E-state index is 11.4. The van der Waals surface area contributed by atoms with Crippen LogP contribution >= 0.6 is 11.3 Å². The average Bonchev–Trinajstić information content (AvgIpc) is 2.87. The Hall–Kier alpha value is -1.65. The van der Waals surface area contributed by atoms with Crippen molar-refractivity contribution in [2.45, 2.75) is 19.8 Å². The third-order valence-corrected chi connectivity index (χ3v) is 3.45. The summed E-state index contributed by atoms with van der Waals surface area (Å²) in [7, 11) is 1.64. The average molecular weight is 297 g/mol. The molecule has 0 N–H and O–H groups in total. The Balaban J connectivity index is 2.64. The number of ether oxygens (including phenoxy) is 2. The zero-order valence-corrected chi connectivity index (χ0v) is 12.6. The van der Waals surface area contributed by atoms with E-state index in [1.165, 1.54) is 11.3 Å². The first-order valence-corrected chi connectivity index (χ1v) is 7.30. The van der Waals surface area contributed by atoms with Crippen molar-refractivity contribution >= 4 is 22.4 Å². The summed E-state index contributed by atoms with van der Waals surface area (Å²) in [4.78, 5) is 17.8. The van der Waals surface area contributed by atoms with Crippen LogP contribution in [0.2, 0.25) is 0 Å². The van der Waals surface area contributed by atoms with Gasteiger partial charge in [-0.15, -0.1) is 11.3 Å². The zero-order chi connectivity index (χ0) is 14.8. The Morgan fingerprint density at radius 3 is 3.00 bits per heavy atom. The van der Waals surface area contributed by atoms with E-state index < -0.39 is 0 Å². The van der Waals surface area contributed by atoms with Crippen LogP contribution in [0.5, 0.6) is 0 Å². The van der Waals surface area contributed by atoms with Crippen LogP contribution in [0.15, 0.2) is 5.38 Å². The fourth-order valence-electron chi connectivity index (χ4n) is 1.57. The Bertz CT molecular complexity index is 456. The van der Waals surface area contributed by atoms with Gasteiger partial charge in [-0.1, -0.05) is 0 Å². The highest BCUT2D eigenvalue weighted by molar-refractivity contribution is 7.13. The van der Waals surface area contributed by atoms with Gasteiger partial charge in [0.05, 0.1) is 37.8 Å². The molecule has 110 valence electrons. The molecule has 0 atom stereocenters. The molecule has 0 saturated carbocycles. The molecule has 0 aliphatic carbocycles. The first-order valence-electron chi connectivity index (χ1n) is 6.42. The minimum Gasteiger partial charge on any atom is -0.466 e. The first-order chi connectivity index (χ1) is 9.71. The zero-order valence-electron chi connectivity index (χ0n) is 11.8. The van der Waals surface area contributed by atoms with Gasteiger partial charge in [-0.25, -0.2) is 4.98 Å². The number of carbonyl (C=O) groups is 1. The number of hydrogen-bond acceptors (Lipinski definition) is 7. The minimum absolute atomic E-state index is 0.181. The minimum atomic E-state index is -0.273. The number of carbonyl (C=O) groups excluding carboxylic acids is 1. The van der Waals surface area contributed by atoms with Crippen LogP contribution in [0.3, 0.4) is 0 Å². The molecule has 0 aromatic carbocycles. The van der Waals surface area contributed by atoms with Crippen LogP contribution < -0.4 is 4.90 Å². The molecule has 1 rings (SSSR count). The smallest absolute Gasteiger partial charge is 0.311 e. The van der Waals surface area contributed by atoms with E-state index in [1.807, 2.05) is 10.3 Å². The van der Waals surface area contributed by atoms with Crippen LogP contribution in [-0.2, 0) is 20.7 Å². The second-order valence-electron chi connectivity index (χ2n) is 3.99. The van der Waals surface area contributed by atoms with Crippen LogP contribution in [0.4, 0.5) is 5.13 Å². The lowest BCUT2D eigenvalue weighted by Gasteiger charge is -2.19. The van der Waals surface area contributed by atoms with E-state index in [4.69, 9.17) is 14.7 Å². The number of nitriles is 1. The van der Waals surface area contributed by atoms with Gasteiger partial charge in [0.15, 0.2) is 5.13 Å². The molecule has 0 amide bonds. The van der Waals surface area contributed by atoms with Crippen molar-refractivity contribution in [3.63, 3.8) is 0 Å². The lowest BCUT2D eigenvalue weighted by molar-refractivity contribution is -0.142. The Morgan fingerprint density at radius 2 is 2.35 bits per heavy atom. The molecule has 1 aromatic rings. The summed E-state index contributed by atoms with van der Waals surface area (Å²) in [6.07, 6.45) is 0.608. The highest BCUT2D eigenvalue weighted by atomic mass is 32.1. The number of anilines is 1. The second-order valence-corrected chi connectivity index (χ2v) is 4.83. The summed E-state index contributed by atoms with van der Waals surface area (Å²) in [6.45, 7) is 3.99. The largest absolute Gasteiger partial charge is 0.466 e. The van der Waals surface area contributed by atoms with E-state index in [0.717, 1.165) is 5.13 Å². The molecule has 0 fully saturated rings. The molecule has 1 heterocycles. The fraction of sp³-hybridized carbons (Fsp3) is 0.615. The normalized spacial score (nSPS) is 10.1. The molecule has 6 nitrogen and oxygen atoms in total. The highest BCUT2D eigenvalue weighted by Gasteiger charge is 2.13. The Labute approximate surface area is 122 Å². The van der Waals surface area contributed by atoms with E-state index in [-0.39, 0.29) is 12.4 Å². The van der Waals surface area contributed by atoms with Crippen molar-refractivity contribution in [2.75, 3.05) is 38.3 Å². The molecular formula is C13H19N3O3S. The summed E-state index contributed by atoms with van der Waals surface area (Å²) in [5, 5.41) is 11.3. The third kappa shape index (κ3) is 5.55. The van der Waals surface area contributed by atoms with Crippen molar-refractivity contribution in [1.82, 2.24) is 4.98 Å². The van der Waals surface area contributed by atoms with E-state index >= 15 is 0 Å². The van der Waals surface area contributed by atoms with E-state index in [2.05, 4.69) is 11.1 Å². The number of hydrogen-bond donors (Lipinski definition) is 0. The Morgan fingerprint density at radius 1 is 1.55 bits per heavy atom. The monoisotopic (exact) mass is 297 g/mol. The van der Waals surface area contributed by atoms with E-state index in [9.17, 15) is 4.79 Å². The van der Waals surface area contributed by atoms with Gasteiger partial charge >= 0.3 is 5.97 Å². The maximum Gasteiger partial charge on any atom is 0.311 e. The van der Waals surface area contributed by atoms with Gasteiger partial charge < -0.3 is 14.4 Å². The number of rotatable bonds is 9. The standard InChI is InChI=1S/C13H19N3O3S/c1-3-19-12(17)9-11-10-20-13(15-11)16(6-4-5-14)7-8-18-2/h10H,3-4,6-9H2,1-2H3. The lowest BCUT2D eigenvalue weighted by atomic mass is 10.3. The maximum atomic E-state index is 11.4. The lowest BCUT2D eigenvalue weighted by Crippen LogP contribution is -2.28. The van der Waals surface area contributed by atoms with Crippen molar-refractivity contribution in [3.8, 4) is 6.07 Å². The summed E-state index contributed by atoms with van der Waals surface area (Å²) >= 11 is 1.46. The first kappa shape index (κ1) is 16.4. The summed E-state index contributed by atoms with van der Waals surface area (Å²) in [5.74, 6) is -0.273. The van der Waals surface area contributed by atoms with Crippen molar-refractivity contribution in [3.05, 3.63) is 11.1 Å². The van der Waals surface area contributed by atoms with Crippen molar-refractivity contribution < 1.29 is 14.3 Å². The van der Waals surface area contributed by atoms with E-state index in [0.29, 0.717) is 38.4 Å². The third-order valence-electron chi connectivity index (χ3n) is 2.50. The molecule has 0 bridgehead atoms. The van der Waals surface area contributed by atoms with Crippen LogP contribution in [0.1, 0.15) is 19.0 Å². The van der Waals surface area contributed by atoms with Gasteiger partial charge in [-0.2, -0.15) is 5.26 Å². The fourth-order valence-corrected chi connectivity index (χ4v) is 2.45. The molecule has 0 spiro atoms. The van der Waals surface area contributed by atoms with Crippen LogP contribution in [0, 0.1) is 11.3 Å². The number of aromatic nitrogens is 1. The van der Waals surface area contributed by atoms with E-state index in [1.54, 1.807) is 14.0 Å². The number of thiazole rings is 1. The molecule has 0 aliphatic heterocycles. The topological polar surface area (TPSA) is 75.5 Å². The van der Waals surface area contributed by atoms with Gasteiger partial charge in [0, 0.05) is 25.6 Å². The predicted molar refractivity (Wildman–Crippen MR) is 76.8 cm³/mol. The summed E-state index contributed by atoms with van der Waals surface area (Å²) in [5.41, 5.74) is 0.697. The molecule has 7 heteroatoms. The van der Waals surface area contributed by atoms with Crippen molar-refractivity contribution in [1.29, 1.82) is 5.26 Å². The quantitative estimate of drug-likeness (QED) is 0.645. The van der Waals surface area contributed by atoms with Crippen LogP contribution in [0.25, 0.3) is 0 Å². The molecule has 0 aliphatic rings. The number of esters is 1. The molecular weight excluding hydrogens is 278 g/mol. The predicted octanol–water partition coefficient (Wildman–Crippen LogP) is 1.62. The number of methoxy groups -OCH3 is 1. The molecule has 1 aromatic heterocycles. The molecule has 0 radical (unpaired) electrons. The summed E-state index contributed by atoms with van der Waals surface area (Å²) < 4.78 is 9.95. The van der Waals surface area contributed by atoms with Gasteiger partial charge in [0.2, 0.25) is 0 Å². The van der Waals surface area contributed by atoms with Gasteiger partial charge in [-0.05, 0) is 6.92 Å². The second kappa shape index (κ2) is 9.28. The summed E-state index contributed by atoms with van der Waals surface area (Å²) in [6, 6.07) is 2.12. The molecule has 0 saturated heterocycles. The number of nitrogens with zero attached hydrogens (tertiary/aromatic N) is 3. The molecule has 20 heavy (non-hydrogen) atoms. The van der Waals surface area contributed by atoms with Gasteiger partial charge in [-0.3, -0.25) is 4.79 Å². The van der Waals surface area contributed by atoms with Crippen molar-refractivity contribution in [2.24, 2.45) is 0 Å². The van der Waals surface area contributed by atoms with Gasteiger partial charge in [0.1, 0.15) is 0 Å². The Kier molecular flexibility index (Phi) is 7.62. The van der Waals surface area contributed by atoms with Crippen LogP contribution in [-0.4, -0.2) is 44.4 Å². The SMILES string of the molecule is CCOC(=O)Cc1csc(N(CCC#N)CCOC)n1.